The predicted molar refractivity (Wildman–Crippen MR) is 147 cm³/mol. The van der Waals surface area contributed by atoms with Gasteiger partial charge in [-0.25, -0.2) is 9.37 Å². The fourth-order valence-corrected chi connectivity index (χ4v) is 4.83. The molecule has 0 aliphatic rings. The highest BCUT2D eigenvalue weighted by Gasteiger charge is 2.38. The topological polar surface area (TPSA) is 55.2 Å². The number of hydrogen-bond acceptors (Lipinski definition) is 3. The summed E-state index contributed by atoms with van der Waals surface area (Å²) in [4.78, 5) is 33.3. The van der Waals surface area contributed by atoms with E-state index >= 15 is 0 Å². The number of fused-ring (bicyclic) bond motifs is 1. The maximum atomic E-state index is 13.8. The smallest absolute Gasteiger partial charge is 0.329 e. The van der Waals surface area contributed by atoms with Crippen LogP contribution in [0.5, 0.6) is 0 Å². The highest BCUT2D eigenvalue weighted by molar-refractivity contribution is 5.95. The molecule has 43 heavy (non-hydrogen) atoms. The number of unbranched alkanes of at least 4 members (excludes halogenated alkanes) is 3. The number of rotatable bonds is 9. The number of carbonyl (C=O) groups excluding carboxylic acids is 1. The van der Waals surface area contributed by atoms with Crippen molar-refractivity contribution >= 4 is 16.8 Å². The Balaban J connectivity index is 1.91. The summed E-state index contributed by atoms with van der Waals surface area (Å²) < 4.78 is 96.6. The van der Waals surface area contributed by atoms with Crippen molar-refractivity contribution < 1.29 is 35.5 Å². The van der Waals surface area contributed by atoms with E-state index < -0.39 is 52.4 Å². The van der Waals surface area contributed by atoms with E-state index in [1.807, 2.05) is 6.92 Å². The lowest BCUT2D eigenvalue weighted by Crippen LogP contribution is -2.38. The largest absolute Gasteiger partial charge is 0.416 e. The lowest BCUT2D eigenvalue weighted by molar-refractivity contribution is -0.143. The number of nitrogens with zero attached hydrogens (tertiary/aromatic N) is 3. The molecule has 5 nitrogen and oxygen atoms in total. The van der Waals surface area contributed by atoms with Crippen molar-refractivity contribution in [2.24, 2.45) is 0 Å². The number of amides is 1. The second-order valence-electron chi connectivity index (χ2n) is 10.1. The minimum Gasteiger partial charge on any atom is -0.329 e. The third-order valence-electron chi connectivity index (χ3n) is 7.08. The minimum atomic E-state index is -5.14. The Hall–Kier alpha value is -4.22. The number of benzene rings is 3. The van der Waals surface area contributed by atoms with Crippen LogP contribution in [0.4, 0.5) is 30.7 Å². The fraction of sp³-hybridized carbons (Fsp3) is 0.323. The number of halogens is 7. The molecule has 0 fully saturated rings. The van der Waals surface area contributed by atoms with E-state index in [0.29, 0.717) is 25.0 Å². The highest BCUT2D eigenvalue weighted by atomic mass is 19.4. The molecule has 1 amide bonds. The van der Waals surface area contributed by atoms with Crippen molar-refractivity contribution in [1.29, 1.82) is 0 Å². The number of para-hydroxylation sites is 1. The number of alkyl halides is 6. The Kier molecular flexibility index (Phi) is 9.26. The molecule has 0 N–H and O–H groups in total. The van der Waals surface area contributed by atoms with Gasteiger partial charge in [0, 0.05) is 12.1 Å². The van der Waals surface area contributed by atoms with Crippen molar-refractivity contribution in [3.63, 3.8) is 0 Å². The van der Waals surface area contributed by atoms with Crippen molar-refractivity contribution in [2.75, 3.05) is 6.54 Å². The SMILES string of the molecule is CCCCCCN(C(=O)c1cc(C(F)(F)F)cc(C(F)(F)F)c1)C(C)c1nc2ccccc2c(=O)n1-c1ccc(F)cc1. The van der Waals surface area contributed by atoms with E-state index in [4.69, 9.17) is 0 Å². The van der Waals surface area contributed by atoms with Crippen LogP contribution in [0.1, 0.15) is 72.9 Å². The van der Waals surface area contributed by atoms with Crippen molar-refractivity contribution in [3.8, 4) is 5.69 Å². The molecule has 1 heterocycles. The molecule has 0 aliphatic heterocycles. The van der Waals surface area contributed by atoms with Gasteiger partial charge in [0.05, 0.1) is 33.8 Å². The molecule has 0 radical (unpaired) electrons. The summed E-state index contributed by atoms with van der Waals surface area (Å²) in [5, 5.41) is 0.219. The second-order valence-corrected chi connectivity index (χ2v) is 10.1. The molecule has 4 aromatic rings. The van der Waals surface area contributed by atoms with Crippen molar-refractivity contribution in [3.05, 3.63) is 105 Å². The third-order valence-corrected chi connectivity index (χ3v) is 7.08. The number of carbonyl (C=O) groups is 1. The van der Waals surface area contributed by atoms with E-state index in [9.17, 15) is 40.3 Å². The summed E-state index contributed by atoms with van der Waals surface area (Å²) in [6, 6.07) is 10.9. The van der Waals surface area contributed by atoms with E-state index in [0.717, 1.165) is 29.9 Å². The minimum absolute atomic E-state index is 0.00201. The van der Waals surface area contributed by atoms with Crippen LogP contribution >= 0.6 is 0 Å². The Labute approximate surface area is 242 Å². The van der Waals surface area contributed by atoms with Crippen LogP contribution in [0.2, 0.25) is 0 Å². The molecule has 0 saturated heterocycles. The molecule has 12 heteroatoms. The molecular formula is C31H28F7N3O2. The highest BCUT2D eigenvalue weighted by Crippen LogP contribution is 2.37. The standard InChI is InChI=1S/C31H28F7N3O2/c1-3-4-5-8-15-40(28(42)20-16-21(30(33,34)35)18-22(17-20)31(36,37)38)19(2)27-39-26-10-7-6-9-25(26)29(43)41(27)24-13-11-23(32)12-14-24/h6-7,9-14,16-19H,3-5,8,15H2,1-2H3. The van der Waals surface area contributed by atoms with Gasteiger partial charge in [0.1, 0.15) is 11.6 Å². The van der Waals surface area contributed by atoms with Gasteiger partial charge < -0.3 is 4.90 Å². The average molecular weight is 608 g/mol. The zero-order valence-electron chi connectivity index (χ0n) is 23.3. The van der Waals surface area contributed by atoms with Gasteiger partial charge >= 0.3 is 12.4 Å². The maximum absolute atomic E-state index is 13.8. The zero-order valence-corrected chi connectivity index (χ0v) is 23.3. The van der Waals surface area contributed by atoms with Crippen LogP contribution in [0.25, 0.3) is 16.6 Å². The second kappa shape index (κ2) is 12.6. The Morgan fingerprint density at radius 1 is 0.884 bits per heavy atom. The molecule has 0 spiro atoms. The van der Waals surface area contributed by atoms with Crippen LogP contribution in [0, 0.1) is 5.82 Å². The number of aromatic nitrogens is 2. The van der Waals surface area contributed by atoms with E-state index in [1.54, 1.807) is 18.2 Å². The lowest BCUT2D eigenvalue weighted by Gasteiger charge is -2.31. The molecule has 1 aromatic heterocycles. The van der Waals surface area contributed by atoms with Crippen LogP contribution in [0.15, 0.2) is 71.5 Å². The molecule has 228 valence electrons. The first kappa shape index (κ1) is 31.7. The van der Waals surface area contributed by atoms with Crippen molar-refractivity contribution in [2.45, 2.75) is 57.9 Å². The van der Waals surface area contributed by atoms with Gasteiger partial charge in [-0.05, 0) is 67.9 Å². The van der Waals surface area contributed by atoms with Crippen LogP contribution < -0.4 is 5.56 Å². The van der Waals surface area contributed by atoms with Gasteiger partial charge in [0.15, 0.2) is 0 Å². The van der Waals surface area contributed by atoms with Gasteiger partial charge in [-0.1, -0.05) is 38.3 Å². The quantitative estimate of drug-likeness (QED) is 0.142. The summed E-state index contributed by atoms with van der Waals surface area (Å²) in [7, 11) is 0. The van der Waals surface area contributed by atoms with Crippen LogP contribution in [-0.4, -0.2) is 26.9 Å². The molecule has 1 atom stereocenters. The third kappa shape index (κ3) is 7.06. The molecular weight excluding hydrogens is 579 g/mol. The van der Waals surface area contributed by atoms with Crippen LogP contribution in [0.3, 0.4) is 0 Å². The predicted octanol–water partition coefficient (Wildman–Crippen LogP) is 8.35. The number of hydrogen-bond donors (Lipinski definition) is 0. The summed E-state index contributed by atoms with van der Waals surface area (Å²) >= 11 is 0. The van der Waals surface area contributed by atoms with Gasteiger partial charge in [-0.15, -0.1) is 0 Å². The molecule has 4 rings (SSSR count). The summed E-state index contributed by atoms with van der Waals surface area (Å²) in [5.74, 6) is -1.66. The summed E-state index contributed by atoms with van der Waals surface area (Å²) in [5.41, 5.74) is -4.10. The Bertz CT molecular complexity index is 1630. The first-order valence-corrected chi connectivity index (χ1v) is 13.6. The van der Waals surface area contributed by atoms with E-state index in [2.05, 4.69) is 4.98 Å². The zero-order chi connectivity index (χ0) is 31.5. The van der Waals surface area contributed by atoms with Crippen molar-refractivity contribution in [1.82, 2.24) is 14.5 Å². The maximum Gasteiger partial charge on any atom is 0.416 e. The first-order valence-electron chi connectivity index (χ1n) is 13.6. The molecule has 0 aliphatic carbocycles. The van der Waals surface area contributed by atoms with Gasteiger partial charge in [0.2, 0.25) is 0 Å². The Morgan fingerprint density at radius 3 is 2.07 bits per heavy atom. The Morgan fingerprint density at radius 2 is 1.49 bits per heavy atom. The normalized spacial score (nSPS) is 12.9. The van der Waals surface area contributed by atoms with Gasteiger partial charge in [0.25, 0.3) is 11.5 Å². The molecule has 3 aromatic carbocycles. The average Bonchev–Trinajstić information content (AvgIpc) is 2.96. The van der Waals surface area contributed by atoms with E-state index in [1.165, 1.54) is 29.7 Å². The molecule has 0 saturated carbocycles. The summed E-state index contributed by atoms with van der Waals surface area (Å²) in [6.45, 7) is 3.41. The lowest BCUT2D eigenvalue weighted by atomic mass is 10.0. The summed E-state index contributed by atoms with van der Waals surface area (Å²) in [6.07, 6.45) is -7.63. The van der Waals surface area contributed by atoms with Gasteiger partial charge in [-0.2, -0.15) is 26.3 Å². The van der Waals surface area contributed by atoms with Crippen LogP contribution in [-0.2, 0) is 12.4 Å². The monoisotopic (exact) mass is 607 g/mol. The molecule has 0 bridgehead atoms. The van der Waals surface area contributed by atoms with E-state index in [-0.39, 0.29) is 35.0 Å². The first-order chi connectivity index (χ1) is 20.2. The fourth-order valence-electron chi connectivity index (χ4n) is 4.83. The molecule has 1 unspecified atom stereocenters. The van der Waals surface area contributed by atoms with Gasteiger partial charge in [-0.3, -0.25) is 14.2 Å².